The summed E-state index contributed by atoms with van der Waals surface area (Å²) < 4.78 is 9.50. The third kappa shape index (κ3) is 8.26. The molecular weight excluding hydrogens is 785 g/mol. The van der Waals surface area contributed by atoms with Gasteiger partial charge in [-0.1, -0.05) is 69.3 Å². The summed E-state index contributed by atoms with van der Waals surface area (Å²) in [6, 6.07) is 20.4. The predicted molar refractivity (Wildman–Crippen MR) is 234 cm³/mol. The zero-order valence-electron chi connectivity index (χ0n) is 36.1. The lowest BCUT2D eigenvalue weighted by Gasteiger charge is -2.30. The van der Waals surface area contributed by atoms with E-state index < -0.39 is 18.2 Å². The number of fused-ring (bicyclic) bond motifs is 1. The Hall–Kier alpha value is -6.18. The molecule has 4 N–H and O–H groups in total. The van der Waals surface area contributed by atoms with Crippen LogP contribution in [0.4, 0.5) is 9.59 Å². The van der Waals surface area contributed by atoms with Crippen LogP contribution in [0.3, 0.4) is 0 Å². The van der Waals surface area contributed by atoms with Gasteiger partial charge in [0.15, 0.2) is 0 Å². The Morgan fingerprint density at radius 2 is 1.23 bits per heavy atom. The van der Waals surface area contributed by atoms with Gasteiger partial charge in [0.2, 0.25) is 11.8 Å². The lowest BCUT2D eigenvalue weighted by Crippen LogP contribution is -2.51. The summed E-state index contributed by atoms with van der Waals surface area (Å²) in [6.45, 7) is 7.60. The van der Waals surface area contributed by atoms with Crippen molar-refractivity contribution >= 4 is 34.8 Å². The number of methoxy groups -OCH3 is 2. The Labute approximate surface area is 361 Å². The summed E-state index contributed by atoms with van der Waals surface area (Å²) >= 11 is 0. The molecule has 2 spiro atoms. The largest absolute Gasteiger partial charge is 0.453 e. The van der Waals surface area contributed by atoms with Crippen LogP contribution in [0.15, 0.2) is 73.1 Å². The van der Waals surface area contributed by atoms with Gasteiger partial charge in [-0.3, -0.25) is 9.59 Å². The second-order valence-electron chi connectivity index (χ2n) is 18.7. The lowest BCUT2D eigenvalue weighted by molar-refractivity contribution is -0.136. The number of benzene rings is 3. The summed E-state index contributed by atoms with van der Waals surface area (Å²) in [4.78, 5) is 71.7. The van der Waals surface area contributed by atoms with E-state index in [0.717, 1.165) is 101 Å². The summed E-state index contributed by atoms with van der Waals surface area (Å²) in [7, 11) is 2.64. The van der Waals surface area contributed by atoms with Crippen molar-refractivity contribution in [2.24, 2.45) is 22.7 Å². The number of aromatic amines is 2. The van der Waals surface area contributed by atoms with Crippen LogP contribution in [-0.2, 0) is 19.1 Å². The van der Waals surface area contributed by atoms with Crippen molar-refractivity contribution in [2.45, 2.75) is 83.8 Å². The molecule has 3 aromatic carbocycles. The zero-order valence-corrected chi connectivity index (χ0v) is 36.1. The van der Waals surface area contributed by atoms with Crippen LogP contribution < -0.4 is 10.6 Å². The molecule has 14 nitrogen and oxygen atoms in total. The second-order valence-corrected chi connectivity index (χ2v) is 18.7. The molecular formula is C48H56N8O6. The van der Waals surface area contributed by atoms with Gasteiger partial charge in [0.25, 0.3) is 0 Å². The number of amides is 4. The average molecular weight is 841 g/mol. The number of nitrogens with zero attached hydrogens (tertiary/aromatic N) is 4. The fourth-order valence-corrected chi connectivity index (χ4v) is 9.61. The van der Waals surface area contributed by atoms with Crippen molar-refractivity contribution in [3.63, 3.8) is 0 Å². The van der Waals surface area contributed by atoms with Gasteiger partial charge in [0.1, 0.15) is 17.7 Å². The summed E-state index contributed by atoms with van der Waals surface area (Å²) in [6.07, 6.45) is 9.16. The number of aromatic nitrogens is 4. The van der Waals surface area contributed by atoms with E-state index in [1.54, 1.807) is 0 Å². The molecule has 2 aliphatic carbocycles. The van der Waals surface area contributed by atoms with Gasteiger partial charge in [0, 0.05) is 31.6 Å². The highest BCUT2D eigenvalue weighted by Gasteiger charge is 2.56. The average Bonchev–Trinajstić information content (AvgIpc) is 3.85. The van der Waals surface area contributed by atoms with Crippen LogP contribution in [-0.4, -0.2) is 93.6 Å². The molecule has 4 unspecified atom stereocenters. The maximum Gasteiger partial charge on any atom is 0.407 e. The molecule has 4 aliphatic rings. The Morgan fingerprint density at radius 3 is 1.81 bits per heavy atom. The number of ether oxygens (including phenoxy) is 2. The number of rotatable bonds is 12. The monoisotopic (exact) mass is 840 g/mol. The molecule has 4 heterocycles. The quantitative estimate of drug-likeness (QED) is 0.0974. The maximum absolute atomic E-state index is 13.9. The van der Waals surface area contributed by atoms with Gasteiger partial charge in [-0.25, -0.2) is 19.6 Å². The van der Waals surface area contributed by atoms with E-state index in [2.05, 4.69) is 86.0 Å². The number of likely N-dealkylation sites (tertiary alicyclic amines) is 2. The predicted octanol–water partition coefficient (Wildman–Crippen LogP) is 8.16. The Balaban J connectivity index is 0.869. The smallest absolute Gasteiger partial charge is 0.407 e. The van der Waals surface area contributed by atoms with E-state index >= 15 is 0 Å². The second kappa shape index (κ2) is 16.3. The van der Waals surface area contributed by atoms with Crippen molar-refractivity contribution in [1.82, 2.24) is 40.4 Å². The van der Waals surface area contributed by atoms with Crippen molar-refractivity contribution in [3.8, 4) is 33.6 Å². The molecule has 9 rings (SSSR count). The molecule has 14 heteroatoms. The van der Waals surface area contributed by atoms with Crippen LogP contribution in [0.1, 0.15) is 89.4 Å². The third-order valence-corrected chi connectivity index (χ3v) is 13.7. The maximum atomic E-state index is 13.9. The molecule has 0 radical (unpaired) electrons. The lowest BCUT2D eigenvalue weighted by atomic mass is 9.98. The summed E-state index contributed by atoms with van der Waals surface area (Å²) in [5.41, 5.74) is 6.35. The molecule has 2 saturated heterocycles. The first-order valence-corrected chi connectivity index (χ1v) is 21.9. The van der Waals surface area contributed by atoms with E-state index in [-0.39, 0.29) is 46.6 Å². The fraction of sp³-hybridized carbons (Fsp3) is 0.458. The van der Waals surface area contributed by atoms with Gasteiger partial charge in [-0.2, -0.15) is 0 Å². The molecule has 4 fully saturated rings. The molecule has 5 aromatic rings. The van der Waals surface area contributed by atoms with Gasteiger partial charge in [0.05, 0.1) is 50.1 Å². The van der Waals surface area contributed by atoms with Crippen molar-refractivity contribution < 1.29 is 28.7 Å². The minimum atomic E-state index is -0.684. The molecule has 4 atom stereocenters. The van der Waals surface area contributed by atoms with Gasteiger partial charge < -0.3 is 39.9 Å². The highest BCUT2D eigenvalue weighted by atomic mass is 16.5. The van der Waals surface area contributed by atoms with E-state index in [1.165, 1.54) is 14.2 Å². The number of H-pyrrole nitrogens is 2. The first-order valence-electron chi connectivity index (χ1n) is 21.9. The van der Waals surface area contributed by atoms with E-state index in [1.807, 2.05) is 43.0 Å². The number of hydrogen-bond donors (Lipinski definition) is 4. The molecule has 2 aromatic heterocycles. The Morgan fingerprint density at radius 1 is 0.710 bits per heavy atom. The highest BCUT2D eigenvalue weighted by Crippen LogP contribution is 2.59. The van der Waals surface area contributed by atoms with Crippen molar-refractivity contribution in [2.75, 3.05) is 33.9 Å². The SMILES string of the molecule is COC(=O)NCC(C)CC(=O)N1CC2(CC2)CC1c1ncc(-c2ccc3cc(-c4ccc(-c5cnc(C6CC7(CC7)CN6C(=O)C(NC(=O)OC)C(C)C)[nH]5)cc4)ccc3c2)[nH]1. The van der Waals surface area contributed by atoms with Gasteiger partial charge in [-0.15, -0.1) is 0 Å². The van der Waals surface area contributed by atoms with Crippen LogP contribution in [0, 0.1) is 22.7 Å². The number of hydrogen-bond acceptors (Lipinski definition) is 8. The van der Waals surface area contributed by atoms with E-state index in [4.69, 9.17) is 14.7 Å². The standard InChI is InChI=1S/C48H56N8O6/c1-28(2)41(54-46(60)62-5)44(58)56-27-48(16-17-48)22-39(56)43-49-24-36(52-43)31-8-6-30(7-9-31)32-10-11-34-20-35(13-12-33(34)19-32)37-25-50-42(53-37)38-21-47(14-15-47)26-55(38)40(57)18-29(3)23-51-45(59)61-4/h6-13,19-20,24-25,28-29,38-39,41H,14-18,21-23,26-27H2,1-5H3,(H,49,52)(H,50,53)(H,51,59)(H,54,60). The number of carbonyl (C=O) groups excluding carboxylic acids is 4. The molecule has 324 valence electrons. The highest BCUT2D eigenvalue weighted by molar-refractivity contribution is 5.91. The number of imidazole rings is 2. The minimum Gasteiger partial charge on any atom is -0.453 e. The molecule has 4 amide bonds. The molecule has 2 aliphatic heterocycles. The molecule has 62 heavy (non-hydrogen) atoms. The van der Waals surface area contributed by atoms with Crippen LogP contribution >= 0.6 is 0 Å². The van der Waals surface area contributed by atoms with Crippen molar-refractivity contribution in [3.05, 3.63) is 84.7 Å². The van der Waals surface area contributed by atoms with Crippen LogP contribution in [0.2, 0.25) is 0 Å². The van der Waals surface area contributed by atoms with E-state index in [9.17, 15) is 19.2 Å². The van der Waals surface area contributed by atoms with Crippen molar-refractivity contribution in [1.29, 1.82) is 0 Å². The van der Waals surface area contributed by atoms with Gasteiger partial charge >= 0.3 is 12.2 Å². The summed E-state index contributed by atoms with van der Waals surface area (Å²) in [5, 5.41) is 7.69. The Bertz CT molecular complexity index is 2500. The zero-order chi connectivity index (χ0) is 43.3. The summed E-state index contributed by atoms with van der Waals surface area (Å²) in [5.74, 6) is 1.43. The van der Waals surface area contributed by atoms with Crippen LogP contribution in [0.5, 0.6) is 0 Å². The number of nitrogens with one attached hydrogen (secondary N) is 4. The van der Waals surface area contributed by atoms with E-state index in [0.29, 0.717) is 19.5 Å². The number of carbonyl (C=O) groups is 4. The topological polar surface area (TPSA) is 175 Å². The first-order chi connectivity index (χ1) is 29.8. The number of alkyl carbamates (subject to hydrolysis) is 2. The normalized spacial score (nSPS) is 20.4. The van der Waals surface area contributed by atoms with Gasteiger partial charge in [-0.05, 0) is 101 Å². The fourth-order valence-electron chi connectivity index (χ4n) is 9.61. The third-order valence-electron chi connectivity index (χ3n) is 13.7. The van der Waals surface area contributed by atoms with Crippen LogP contribution in [0.25, 0.3) is 44.4 Å². The molecule has 0 bridgehead atoms. The Kier molecular flexibility index (Phi) is 10.8. The first kappa shape index (κ1) is 41.2. The minimum absolute atomic E-state index is 0.0217. The molecule has 2 saturated carbocycles.